The lowest BCUT2D eigenvalue weighted by molar-refractivity contribution is -0.167. The fourth-order valence-electron chi connectivity index (χ4n) is 8.35. The molecule has 0 spiro atoms. The highest BCUT2D eigenvalue weighted by atomic mass is 16.6. The van der Waals surface area contributed by atoms with Gasteiger partial charge in [0.1, 0.15) is 13.2 Å². The Kier molecular flexibility index (Phi) is 58.3. The van der Waals surface area contributed by atoms with E-state index in [1.165, 1.54) is 116 Å². The Balaban J connectivity index is 4.47. The Morgan fingerprint density at radius 1 is 0.284 bits per heavy atom. The van der Waals surface area contributed by atoms with Gasteiger partial charge in [0.2, 0.25) is 0 Å². The van der Waals surface area contributed by atoms with Crippen molar-refractivity contribution in [3.63, 3.8) is 0 Å². The predicted molar refractivity (Wildman–Crippen MR) is 320 cm³/mol. The Bertz CT molecular complexity index is 1510. The van der Waals surface area contributed by atoms with Crippen LogP contribution in [-0.2, 0) is 28.6 Å². The number of carbonyl (C=O) groups is 3. The molecule has 0 radical (unpaired) electrons. The van der Waals surface area contributed by atoms with Crippen LogP contribution in [0.3, 0.4) is 0 Å². The number of rotatable bonds is 55. The van der Waals surface area contributed by atoms with Gasteiger partial charge in [0.05, 0.1) is 0 Å². The number of carbonyl (C=O) groups excluding carboxylic acids is 3. The van der Waals surface area contributed by atoms with Gasteiger partial charge in [0.25, 0.3) is 0 Å². The third-order valence-electron chi connectivity index (χ3n) is 13.0. The molecule has 0 saturated heterocycles. The molecule has 0 aromatic carbocycles. The van der Waals surface area contributed by atoms with Crippen molar-refractivity contribution in [3.05, 3.63) is 109 Å². The van der Waals surface area contributed by atoms with Gasteiger partial charge in [-0.1, -0.05) is 246 Å². The van der Waals surface area contributed by atoms with Gasteiger partial charge in [0, 0.05) is 19.3 Å². The van der Waals surface area contributed by atoms with Crippen molar-refractivity contribution in [1.82, 2.24) is 0 Å². The van der Waals surface area contributed by atoms with Crippen molar-refractivity contribution in [2.45, 2.75) is 290 Å². The molecule has 0 aromatic rings. The lowest BCUT2D eigenvalue weighted by Crippen LogP contribution is -2.30. The van der Waals surface area contributed by atoms with Gasteiger partial charge in [-0.05, 0) is 128 Å². The summed E-state index contributed by atoms with van der Waals surface area (Å²) >= 11 is 0. The third-order valence-corrected chi connectivity index (χ3v) is 13.0. The molecule has 0 heterocycles. The lowest BCUT2D eigenvalue weighted by Gasteiger charge is -2.18. The lowest BCUT2D eigenvalue weighted by atomic mass is 10.1. The van der Waals surface area contributed by atoms with E-state index in [0.717, 1.165) is 128 Å². The van der Waals surface area contributed by atoms with Crippen molar-refractivity contribution in [3.8, 4) is 0 Å². The van der Waals surface area contributed by atoms with E-state index in [1.54, 1.807) is 0 Å². The summed E-state index contributed by atoms with van der Waals surface area (Å²) in [6, 6.07) is 0. The normalized spacial score (nSPS) is 12.9. The smallest absolute Gasteiger partial charge is 0.306 e. The van der Waals surface area contributed by atoms with Crippen LogP contribution in [0.4, 0.5) is 0 Å². The summed E-state index contributed by atoms with van der Waals surface area (Å²) in [6.07, 6.45) is 83.6. The molecule has 0 aliphatic heterocycles. The SMILES string of the molecule is CC/C=C\C/C=C\C/C=C\C/C=C\CCCCCCC(=O)OCC(COC(=O)CCCCCCCC/C=C\C/C=C\C/C=C\CCCCCCC)OC(=O)CCCCCCCCC/C=C\C/C=C\CCCCCC. The van der Waals surface area contributed by atoms with E-state index >= 15 is 0 Å². The fraction of sp³-hybridized carbons (Fsp3) is 0.691. The van der Waals surface area contributed by atoms with E-state index in [4.69, 9.17) is 14.2 Å². The van der Waals surface area contributed by atoms with Crippen molar-refractivity contribution in [1.29, 1.82) is 0 Å². The van der Waals surface area contributed by atoms with Crippen LogP contribution >= 0.6 is 0 Å². The minimum atomic E-state index is -0.802. The van der Waals surface area contributed by atoms with E-state index in [2.05, 4.69) is 130 Å². The first kappa shape index (κ1) is 70.1. The minimum Gasteiger partial charge on any atom is -0.462 e. The predicted octanol–water partition coefficient (Wildman–Crippen LogP) is 21.0. The van der Waals surface area contributed by atoms with Crippen LogP contribution in [0.1, 0.15) is 284 Å². The largest absolute Gasteiger partial charge is 0.462 e. The maximum atomic E-state index is 12.9. The zero-order valence-electron chi connectivity index (χ0n) is 48.3. The molecule has 0 bridgehead atoms. The maximum absolute atomic E-state index is 12.9. The van der Waals surface area contributed by atoms with Crippen LogP contribution in [0.5, 0.6) is 0 Å². The van der Waals surface area contributed by atoms with Gasteiger partial charge in [-0.25, -0.2) is 0 Å². The van der Waals surface area contributed by atoms with Gasteiger partial charge < -0.3 is 14.2 Å². The average Bonchev–Trinajstić information content (AvgIpc) is 3.40. The van der Waals surface area contributed by atoms with Gasteiger partial charge in [-0.2, -0.15) is 0 Å². The number of ether oxygens (including phenoxy) is 3. The quantitative estimate of drug-likeness (QED) is 0.0261. The van der Waals surface area contributed by atoms with Crippen molar-refractivity contribution in [2.24, 2.45) is 0 Å². The summed E-state index contributed by atoms with van der Waals surface area (Å²) in [5, 5.41) is 0. The molecule has 6 heteroatoms. The molecule has 0 saturated carbocycles. The van der Waals surface area contributed by atoms with Crippen LogP contribution in [0.25, 0.3) is 0 Å². The first-order valence-electron chi connectivity index (χ1n) is 30.9. The average molecular weight is 1030 g/mol. The summed E-state index contributed by atoms with van der Waals surface area (Å²) in [7, 11) is 0. The first-order chi connectivity index (χ1) is 36.5. The molecule has 0 amide bonds. The number of hydrogen-bond acceptors (Lipinski definition) is 6. The number of hydrogen-bond donors (Lipinski definition) is 0. The van der Waals surface area contributed by atoms with Gasteiger partial charge >= 0.3 is 17.9 Å². The molecule has 6 nitrogen and oxygen atoms in total. The molecule has 74 heavy (non-hydrogen) atoms. The molecule has 0 aliphatic rings. The van der Waals surface area contributed by atoms with Crippen molar-refractivity contribution < 1.29 is 28.6 Å². The number of esters is 3. The zero-order valence-corrected chi connectivity index (χ0v) is 48.3. The number of allylic oxidation sites excluding steroid dienone is 18. The molecule has 0 aromatic heterocycles. The van der Waals surface area contributed by atoms with Crippen LogP contribution in [0.15, 0.2) is 109 Å². The number of unbranched alkanes of at least 4 members (excludes halogenated alkanes) is 26. The maximum Gasteiger partial charge on any atom is 0.306 e. The molecular weight excluding hydrogens is 913 g/mol. The van der Waals surface area contributed by atoms with Gasteiger partial charge in [0.15, 0.2) is 6.10 Å². The summed E-state index contributed by atoms with van der Waals surface area (Å²) in [6.45, 7) is 6.47. The summed E-state index contributed by atoms with van der Waals surface area (Å²) in [5.41, 5.74) is 0. The Morgan fingerprint density at radius 2 is 0.527 bits per heavy atom. The summed E-state index contributed by atoms with van der Waals surface area (Å²) in [4.78, 5) is 38.3. The fourth-order valence-corrected chi connectivity index (χ4v) is 8.35. The molecule has 1 atom stereocenters. The Labute approximate surface area is 457 Å². The van der Waals surface area contributed by atoms with Crippen molar-refractivity contribution in [2.75, 3.05) is 13.2 Å². The molecular formula is C68H114O6. The highest BCUT2D eigenvalue weighted by Crippen LogP contribution is 2.14. The van der Waals surface area contributed by atoms with E-state index in [1.807, 2.05) is 0 Å². The van der Waals surface area contributed by atoms with Crippen molar-refractivity contribution >= 4 is 17.9 Å². The molecule has 0 N–H and O–H groups in total. The van der Waals surface area contributed by atoms with E-state index in [0.29, 0.717) is 19.3 Å². The molecule has 0 rings (SSSR count). The monoisotopic (exact) mass is 1030 g/mol. The Morgan fingerprint density at radius 3 is 0.838 bits per heavy atom. The van der Waals surface area contributed by atoms with Crippen LogP contribution in [0, 0.1) is 0 Å². The standard InChI is InChI=1S/C68H114O6/c1-4-7-10-13-16-19-22-25-28-31-33-34-35-38-40-43-46-49-52-55-58-61-67(70)73-64-65(63-72-66(69)60-57-54-51-48-45-42-39-36-30-27-24-21-18-15-12-9-6-3)74-68(71)62-59-56-53-50-47-44-41-37-32-29-26-23-20-17-14-11-8-5-2/h9,12,18,20-23,25,27,29-33,35,38-39,42,65H,4-8,10-11,13-17,19,24,26,28,34,36-37,40-41,43-64H2,1-3H3/b12-9-,21-18-,23-20-,25-22-,30-27-,32-29-,33-31-,38-35-,42-39-. The second-order valence-electron chi connectivity index (χ2n) is 20.2. The van der Waals surface area contributed by atoms with Gasteiger partial charge in [-0.15, -0.1) is 0 Å². The van der Waals surface area contributed by atoms with E-state index in [9.17, 15) is 14.4 Å². The van der Waals surface area contributed by atoms with E-state index < -0.39 is 6.10 Å². The van der Waals surface area contributed by atoms with Crippen LogP contribution in [-0.4, -0.2) is 37.2 Å². The second-order valence-corrected chi connectivity index (χ2v) is 20.2. The molecule has 1 unspecified atom stereocenters. The molecule has 422 valence electrons. The molecule has 0 aliphatic carbocycles. The first-order valence-corrected chi connectivity index (χ1v) is 30.9. The molecule has 0 fully saturated rings. The second kappa shape index (κ2) is 61.6. The van der Waals surface area contributed by atoms with Crippen LogP contribution < -0.4 is 0 Å². The zero-order chi connectivity index (χ0) is 53.6. The van der Waals surface area contributed by atoms with E-state index in [-0.39, 0.29) is 31.1 Å². The third kappa shape index (κ3) is 59.0. The van der Waals surface area contributed by atoms with Gasteiger partial charge in [-0.3, -0.25) is 14.4 Å². The summed E-state index contributed by atoms with van der Waals surface area (Å²) < 4.78 is 16.9. The highest BCUT2D eigenvalue weighted by molar-refractivity contribution is 5.71. The Hall–Kier alpha value is -3.93. The van der Waals surface area contributed by atoms with Crippen LogP contribution in [0.2, 0.25) is 0 Å². The highest BCUT2D eigenvalue weighted by Gasteiger charge is 2.19. The topological polar surface area (TPSA) is 78.9 Å². The minimum absolute atomic E-state index is 0.0974. The summed E-state index contributed by atoms with van der Waals surface area (Å²) in [5.74, 6) is -0.936.